The van der Waals surface area contributed by atoms with Gasteiger partial charge in [-0.2, -0.15) is 0 Å². The third kappa shape index (κ3) is 3.48. The first-order valence-electron chi connectivity index (χ1n) is 8.20. The largest absolute Gasteiger partial charge is 0.507 e. The fourth-order valence-electron chi connectivity index (χ4n) is 2.60. The molecule has 0 spiro atoms. The molecular formula is C21H22N2O2. The second-order valence-corrected chi connectivity index (χ2v) is 6.95. The lowest BCUT2D eigenvalue weighted by Crippen LogP contribution is -2.16. The molecule has 4 heteroatoms. The van der Waals surface area contributed by atoms with E-state index in [4.69, 9.17) is 9.72 Å². The molecule has 0 aliphatic heterocycles. The minimum atomic E-state index is -0.183. The number of methoxy groups -OCH3 is 1. The molecular weight excluding hydrogens is 312 g/mol. The molecule has 1 N–H and O–H groups in total. The van der Waals surface area contributed by atoms with Crippen LogP contribution in [-0.2, 0) is 5.41 Å². The molecule has 1 heterocycles. The van der Waals surface area contributed by atoms with Gasteiger partial charge in [0.25, 0.3) is 0 Å². The Balaban J connectivity index is 2.22. The summed E-state index contributed by atoms with van der Waals surface area (Å²) in [5, 5.41) is 10.3. The minimum Gasteiger partial charge on any atom is -0.507 e. The Morgan fingerprint density at radius 3 is 2.20 bits per heavy atom. The first-order chi connectivity index (χ1) is 11.9. The van der Waals surface area contributed by atoms with Crippen molar-refractivity contribution in [3.8, 4) is 33.9 Å². The smallest absolute Gasteiger partial charge is 0.134 e. The highest BCUT2D eigenvalue weighted by atomic mass is 16.5. The summed E-state index contributed by atoms with van der Waals surface area (Å²) >= 11 is 0. The standard InChI is InChI=1S/C21H22N2O2/c1-21(2,3)20-22-13-17(14-9-11-15(25-4)12-10-14)19(23-20)16-7-5-6-8-18(16)24/h5-13,24H,1-4H3. The van der Waals surface area contributed by atoms with Crippen molar-refractivity contribution in [2.75, 3.05) is 7.11 Å². The molecule has 0 aliphatic carbocycles. The third-order valence-electron chi connectivity index (χ3n) is 4.02. The van der Waals surface area contributed by atoms with Gasteiger partial charge in [0.1, 0.15) is 17.3 Å². The average Bonchev–Trinajstić information content (AvgIpc) is 2.61. The maximum atomic E-state index is 10.3. The average molecular weight is 334 g/mol. The summed E-state index contributed by atoms with van der Waals surface area (Å²) in [6.07, 6.45) is 1.83. The lowest BCUT2D eigenvalue weighted by molar-refractivity contribution is 0.415. The normalized spacial score (nSPS) is 11.4. The minimum absolute atomic E-state index is 0.183. The molecule has 0 fully saturated rings. The van der Waals surface area contributed by atoms with Crippen LogP contribution in [-0.4, -0.2) is 22.2 Å². The van der Waals surface area contributed by atoms with Crippen LogP contribution in [0.4, 0.5) is 0 Å². The molecule has 0 saturated carbocycles. The van der Waals surface area contributed by atoms with Gasteiger partial charge in [0, 0.05) is 22.7 Å². The summed E-state index contributed by atoms with van der Waals surface area (Å²) in [6, 6.07) is 15.0. The van der Waals surface area contributed by atoms with Crippen LogP contribution in [0, 0.1) is 0 Å². The number of benzene rings is 2. The molecule has 3 aromatic rings. The number of ether oxygens (including phenoxy) is 1. The quantitative estimate of drug-likeness (QED) is 0.746. The monoisotopic (exact) mass is 334 g/mol. The molecule has 0 aliphatic rings. The summed E-state index contributed by atoms with van der Waals surface area (Å²) in [5.74, 6) is 1.74. The highest BCUT2D eigenvalue weighted by molar-refractivity contribution is 5.83. The maximum Gasteiger partial charge on any atom is 0.134 e. The molecule has 0 radical (unpaired) electrons. The summed E-state index contributed by atoms with van der Waals surface area (Å²) in [6.45, 7) is 6.22. The van der Waals surface area contributed by atoms with Crippen LogP contribution >= 0.6 is 0 Å². The van der Waals surface area contributed by atoms with E-state index in [1.807, 2.05) is 42.6 Å². The highest BCUT2D eigenvalue weighted by Gasteiger charge is 2.21. The number of para-hydroxylation sites is 1. The van der Waals surface area contributed by atoms with E-state index < -0.39 is 0 Å². The van der Waals surface area contributed by atoms with Crippen LogP contribution in [0.15, 0.2) is 54.7 Å². The second kappa shape index (κ2) is 6.55. The van der Waals surface area contributed by atoms with E-state index in [2.05, 4.69) is 25.8 Å². The van der Waals surface area contributed by atoms with Gasteiger partial charge >= 0.3 is 0 Å². The Morgan fingerprint density at radius 1 is 0.920 bits per heavy atom. The van der Waals surface area contributed by atoms with E-state index in [1.54, 1.807) is 19.2 Å². The second-order valence-electron chi connectivity index (χ2n) is 6.95. The molecule has 0 atom stereocenters. The number of rotatable bonds is 3. The van der Waals surface area contributed by atoms with Gasteiger partial charge in [0.15, 0.2) is 0 Å². The molecule has 0 bridgehead atoms. The lowest BCUT2D eigenvalue weighted by Gasteiger charge is -2.19. The number of phenols is 1. The van der Waals surface area contributed by atoms with E-state index >= 15 is 0 Å². The first kappa shape index (κ1) is 17.0. The van der Waals surface area contributed by atoms with Crippen LogP contribution in [0.5, 0.6) is 11.5 Å². The van der Waals surface area contributed by atoms with Gasteiger partial charge in [-0.05, 0) is 29.8 Å². The molecule has 25 heavy (non-hydrogen) atoms. The topological polar surface area (TPSA) is 55.2 Å². The van der Waals surface area contributed by atoms with E-state index in [0.29, 0.717) is 5.56 Å². The Hall–Kier alpha value is -2.88. The molecule has 2 aromatic carbocycles. The zero-order valence-electron chi connectivity index (χ0n) is 14.9. The lowest BCUT2D eigenvalue weighted by atomic mass is 9.94. The van der Waals surface area contributed by atoms with Crippen LogP contribution < -0.4 is 4.74 Å². The molecule has 1 aromatic heterocycles. The van der Waals surface area contributed by atoms with Crippen molar-refractivity contribution >= 4 is 0 Å². The summed E-state index contributed by atoms with van der Waals surface area (Å²) < 4.78 is 5.23. The van der Waals surface area contributed by atoms with Crippen LogP contribution in [0.25, 0.3) is 22.4 Å². The summed E-state index contributed by atoms with van der Waals surface area (Å²) in [7, 11) is 1.64. The number of aromatic hydroxyl groups is 1. The Labute approximate surface area is 148 Å². The van der Waals surface area contributed by atoms with Gasteiger partial charge in [-0.3, -0.25) is 0 Å². The van der Waals surface area contributed by atoms with E-state index in [1.165, 1.54) is 0 Å². The van der Waals surface area contributed by atoms with Crippen molar-refractivity contribution in [1.82, 2.24) is 9.97 Å². The Bertz CT molecular complexity index is 881. The fraction of sp³-hybridized carbons (Fsp3) is 0.238. The SMILES string of the molecule is COc1ccc(-c2cnc(C(C)(C)C)nc2-c2ccccc2O)cc1. The summed E-state index contributed by atoms with van der Waals surface area (Å²) in [4.78, 5) is 9.35. The van der Waals surface area contributed by atoms with Crippen molar-refractivity contribution in [2.24, 2.45) is 0 Å². The third-order valence-corrected chi connectivity index (χ3v) is 4.02. The fourth-order valence-corrected chi connectivity index (χ4v) is 2.60. The van der Waals surface area contributed by atoms with Crippen LogP contribution in [0.3, 0.4) is 0 Å². The maximum absolute atomic E-state index is 10.3. The Kier molecular flexibility index (Phi) is 4.45. The molecule has 0 amide bonds. The molecule has 0 unspecified atom stereocenters. The number of nitrogens with zero attached hydrogens (tertiary/aromatic N) is 2. The van der Waals surface area contributed by atoms with Gasteiger partial charge < -0.3 is 9.84 Å². The number of hydrogen-bond acceptors (Lipinski definition) is 4. The first-order valence-corrected chi connectivity index (χ1v) is 8.20. The van der Waals surface area contributed by atoms with Gasteiger partial charge in [0.05, 0.1) is 12.8 Å². The zero-order chi connectivity index (χ0) is 18.0. The molecule has 4 nitrogen and oxygen atoms in total. The molecule has 3 rings (SSSR count). The van der Waals surface area contributed by atoms with Crippen molar-refractivity contribution in [2.45, 2.75) is 26.2 Å². The van der Waals surface area contributed by atoms with Crippen molar-refractivity contribution in [3.05, 3.63) is 60.6 Å². The van der Waals surface area contributed by atoms with Crippen LogP contribution in [0.1, 0.15) is 26.6 Å². The number of aromatic nitrogens is 2. The van der Waals surface area contributed by atoms with Crippen LogP contribution in [0.2, 0.25) is 0 Å². The Morgan fingerprint density at radius 2 is 1.60 bits per heavy atom. The summed E-state index contributed by atoms with van der Waals surface area (Å²) in [5.41, 5.74) is 3.08. The number of phenolic OH excluding ortho intramolecular Hbond substituents is 1. The van der Waals surface area contributed by atoms with Crippen molar-refractivity contribution in [1.29, 1.82) is 0 Å². The molecule has 0 saturated heterocycles. The molecule has 128 valence electrons. The van der Waals surface area contributed by atoms with E-state index in [-0.39, 0.29) is 11.2 Å². The van der Waals surface area contributed by atoms with Gasteiger partial charge in [-0.25, -0.2) is 9.97 Å². The predicted octanol–water partition coefficient (Wildman–Crippen LogP) is 4.82. The van der Waals surface area contributed by atoms with Gasteiger partial charge in [-0.1, -0.05) is 45.0 Å². The highest BCUT2D eigenvalue weighted by Crippen LogP contribution is 2.36. The zero-order valence-corrected chi connectivity index (χ0v) is 14.9. The van der Waals surface area contributed by atoms with Crippen molar-refractivity contribution < 1.29 is 9.84 Å². The number of hydrogen-bond donors (Lipinski definition) is 1. The van der Waals surface area contributed by atoms with E-state index in [9.17, 15) is 5.11 Å². The predicted molar refractivity (Wildman–Crippen MR) is 99.8 cm³/mol. The van der Waals surface area contributed by atoms with Gasteiger partial charge in [0.2, 0.25) is 0 Å². The van der Waals surface area contributed by atoms with E-state index in [0.717, 1.165) is 28.4 Å². The van der Waals surface area contributed by atoms with Crippen molar-refractivity contribution in [3.63, 3.8) is 0 Å². The van der Waals surface area contributed by atoms with Gasteiger partial charge in [-0.15, -0.1) is 0 Å².